The summed E-state index contributed by atoms with van der Waals surface area (Å²) in [4.78, 5) is 12.1. The van der Waals surface area contributed by atoms with Crippen LogP contribution in [0.25, 0.3) is 0 Å². The van der Waals surface area contributed by atoms with E-state index in [9.17, 15) is 9.90 Å². The molecule has 1 aromatic heterocycles. The molecule has 0 aliphatic carbocycles. The van der Waals surface area contributed by atoms with Crippen LogP contribution in [0.4, 0.5) is 0 Å². The van der Waals surface area contributed by atoms with Crippen LogP contribution >= 0.6 is 0 Å². The highest BCUT2D eigenvalue weighted by Gasteiger charge is 2.16. The van der Waals surface area contributed by atoms with Gasteiger partial charge in [0.05, 0.1) is 12.2 Å². The van der Waals surface area contributed by atoms with Crippen molar-refractivity contribution in [2.45, 2.75) is 39.0 Å². The van der Waals surface area contributed by atoms with Gasteiger partial charge in [0, 0.05) is 18.9 Å². The molecule has 0 spiro atoms. The zero-order valence-electron chi connectivity index (χ0n) is 13.8. The predicted octanol–water partition coefficient (Wildman–Crippen LogP) is 2.69. The lowest BCUT2D eigenvalue weighted by atomic mass is 10.1. The van der Waals surface area contributed by atoms with E-state index < -0.39 is 6.10 Å². The van der Waals surface area contributed by atoms with Crippen LogP contribution < -0.4 is 10.1 Å². The Kier molecular flexibility index (Phi) is 5.82. The van der Waals surface area contributed by atoms with Crippen molar-refractivity contribution < 1.29 is 14.6 Å². The van der Waals surface area contributed by atoms with Crippen LogP contribution in [0.15, 0.2) is 48.8 Å². The minimum atomic E-state index is -0.772. The van der Waals surface area contributed by atoms with Gasteiger partial charge < -0.3 is 19.7 Å². The Labute approximate surface area is 136 Å². The van der Waals surface area contributed by atoms with Gasteiger partial charge in [-0.2, -0.15) is 0 Å². The maximum atomic E-state index is 12.1. The fourth-order valence-electron chi connectivity index (χ4n) is 2.27. The number of rotatable bonds is 7. The van der Waals surface area contributed by atoms with Crippen molar-refractivity contribution in [3.8, 4) is 5.75 Å². The molecule has 23 heavy (non-hydrogen) atoms. The van der Waals surface area contributed by atoms with Crippen molar-refractivity contribution in [2.75, 3.05) is 6.54 Å². The van der Waals surface area contributed by atoms with Crippen molar-refractivity contribution in [3.05, 3.63) is 54.4 Å². The number of nitrogens with one attached hydrogen (secondary N) is 1. The Morgan fingerprint density at radius 3 is 2.57 bits per heavy atom. The number of nitrogens with zero attached hydrogens (tertiary/aromatic N) is 1. The van der Waals surface area contributed by atoms with Crippen LogP contribution in [0.1, 0.15) is 38.5 Å². The maximum Gasteiger partial charge on any atom is 0.242 e. The molecule has 124 valence electrons. The van der Waals surface area contributed by atoms with E-state index in [1.54, 1.807) is 6.07 Å². The van der Waals surface area contributed by atoms with Gasteiger partial charge in [0.2, 0.25) is 5.91 Å². The molecule has 2 rings (SSSR count). The first-order valence-corrected chi connectivity index (χ1v) is 7.82. The summed E-state index contributed by atoms with van der Waals surface area (Å²) in [5.41, 5.74) is 0.720. The van der Waals surface area contributed by atoms with Gasteiger partial charge in [0.1, 0.15) is 11.8 Å². The minimum Gasteiger partial charge on any atom is -0.491 e. The van der Waals surface area contributed by atoms with Gasteiger partial charge in [-0.15, -0.1) is 0 Å². The number of ether oxygens (including phenoxy) is 1. The van der Waals surface area contributed by atoms with E-state index in [0.29, 0.717) is 5.75 Å². The van der Waals surface area contributed by atoms with Crippen LogP contribution in [-0.4, -0.2) is 28.2 Å². The smallest absolute Gasteiger partial charge is 0.242 e. The summed E-state index contributed by atoms with van der Waals surface area (Å²) in [7, 11) is 0. The van der Waals surface area contributed by atoms with E-state index in [0.717, 1.165) is 5.56 Å². The Morgan fingerprint density at radius 1 is 1.22 bits per heavy atom. The molecule has 1 amide bonds. The number of hydrogen-bond acceptors (Lipinski definition) is 3. The monoisotopic (exact) mass is 316 g/mol. The maximum absolute atomic E-state index is 12.1. The lowest BCUT2D eigenvalue weighted by Crippen LogP contribution is -2.33. The summed E-state index contributed by atoms with van der Waals surface area (Å²) in [6, 6.07) is 10.7. The van der Waals surface area contributed by atoms with Gasteiger partial charge in [0.15, 0.2) is 0 Å². The zero-order chi connectivity index (χ0) is 16.8. The van der Waals surface area contributed by atoms with Crippen LogP contribution in [0.5, 0.6) is 5.75 Å². The molecule has 0 bridgehead atoms. The molecule has 1 heterocycles. The fraction of sp³-hybridized carbons (Fsp3) is 0.389. The van der Waals surface area contributed by atoms with Gasteiger partial charge in [-0.1, -0.05) is 12.1 Å². The van der Waals surface area contributed by atoms with Crippen molar-refractivity contribution in [3.63, 3.8) is 0 Å². The van der Waals surface area contributed by atoms with Crippen LogP contribution in [0.2, 0.25) is 0 Å². The summed E-state index contributed by atoms with van der Waals surface area (Å²) in [6.07, 6.45) is 2.98. The molecule has 0 radical (unpaired) electrons. The highest BCUT2D eigenvalue weighted by atomic mass is 16.5. The normalized spacial score (nSPS) is 13.6. The molecular formula is C18H24N2O3. The average Bonchev–Trinajstić information content (AvgIpc) is 3.05. The molecule has 0 saturated heterocycles. The first kappa shape index (κ1) is 17.1. The number of aromatic nitrogens is 1. The summed E-state index contributed by atoms with van der Waals surface area (Å²) in [6.45, 7) is 5.88. The van der Waals surface area contributed by atoms with Gasteiger partial charge in [0.25, 0.3) is 0 Å². The first-order chi connectivity index (χ1) is 11.0. The zero-order valence-corrected chi connectivity index (χ0v) is 13.8. The van der Waals surface area contributed by atoms with Crippen LogP contribution in [0, 0.1) is 0 Å². The summed E-state index contributed by atoms with van der Waals surface area (Å²) in [5.74, 6) is 0.582. The quantitative estimate of drug-likeness (QED) is 0.825. The summed E-state index contributed by atoms with van der Waals surface area (Å²) in [5, 5.41) is 13.0. The van der Waals surface area contributed by atoms with Crippen LogP contribution in [-0.2, 0) is 4.79 Å². The van der Waals surface area contributed by atoms with Crippen molar-refractivity contribution in [1.82, 2.24) is 9.88 Å². The average molecular weight is 316 g/mol. The highest BCUT2D eigenvalue weighted by molar-refractivity contribution is 5.79. The van der Waals surface area contributed by atoms with E-state index in [4.69, 9.17) is 4.74 Å². The van der Waals surface area contributed by atoms with Gasteiger partial charge >= 0.3 is 0 Å². The molecule has 0 aliphatic heterocycles. The number of amides is 1. The van der Waals surface area contributed by atoms with Gasteiger partial charge in [-0.3, -0.25) is 4.79 Å². The largest absolute Gasteiger partial charge is 0.491 e. The fourth-order valence-corrected chi connectivity index (χ4v) is 2.27. The molecule has 2 unspecified atom stereocenters. The summed E-state index contributed by atoms with van der Waals surface area (Å²) >= 11 is 0. The van der Waals surface area contributed by atoms with Crippen molar-refractivity contribution in [2.24, 2.45) is 0 Å². The third-order valence-corrected chi connectivity index (χ3v) is 3.54. The lowest BCUT2D eigenvalue weighted by Gasteiger charge is -2.17. The van der Waals surface area contributed by atoms with E-state index in [-0.39, 0.29) is 24.6 Å². The molecule has 0 saturated carbocycles. The second kappa shape index (κ2) is 7.83. The van der Waals surface area contributed by atoms with Gasteiger partial charge in [-0.05, 0) is 50.6 Å². The predicted molar refractivity (Wildman–Crippen MR) is 89.3 cm³/mol. The highest BCUT2D eigenvalue weighted by Crippen LogP contribution is 2.20. The lowest BCUT2D eigenvalue weighted by molar-refractivity contribution is -0.124. The Hall–Kier alpha value is -2.27. The first-order valence-electron chi connectivity index (χ1n) is 7.82. The molecule has 0 fully saturated rings. The van der Waals surface area contributed by atoms with Crippen LogP contribution in [0.3, 0.4) is 0 Å². The third kappa shape index (κ3) is 4.86. The van der Waals surface area contributed by atoms with Gasteiger partial charge in [-0.25, -0.2) is 0 Å². The Balaban J connectivity index is 1.91. The van der Waals surface area contributed by atoms with E-state index >= 15 is 0 Å². The number of benzene rings is 1. The number of carbonyl (C=O) groups excluding carboxylic acids is 1. The number of carbonyl (C=O) groups is 1. The minimum absolute atomic E-state index is 0.0736. The molecule has 2 atom stereocenters. The molecule has 2 aromatic rings. The van der Waals surface area contributed by atoms with E-state index in [2.05, 4.69) is 5.32 Å². The summed E-state index contributed by atoms with van der Waals surface area (Å²) < 4.78 is 7.43. The second-order valence-electron chi connectivity index (χ2n) is 5.81. The SMILES string of the molecule is CC(C)Oc1cccc(C(O)CNC(=O)C(C)n2cccc2)c1. The molecular weight excluding hydrogens is 292 g/mol. The Morgan fingerprint density at radius 2 is 1.91 bits per heavy atom. The van der Waals surface area contributed by atoms with E-state index in [1.165, 1.54) is 0 Å². The Bertz CT molecular complexity index is 623. The molecule has 1 aromatic carbocycles. The van der Waals surface area contributed by atoms with Crippen molar-refractivity contribution >= 4 is 5.91 Å². The number of aliphatic hydroxyl groups excluding tert-OH is 1. The molecule has 0 aliphatic rings. The number of hydrogen-bond donors (Lipinski definition) is 2. The van der Waals surface area contributed by atoms with Crippen molar-refractivity contribution in [1.29, 1.82) is 0 Å². The topological polar surface area (TPSA) is 63.5 Å². The molecule has 2 N–H and O–H groups in total. The van der Waals surface area contributed by atoms with E-state index in [1.807, 2.05) is 68.1 Å². The standard InChI is InChI=1S/C18H24N2O3/c1-13(2)23-16-8-6-7-15(11-16)17(21)12-19-18(22)14(3)20-9-4-5-10-20/h4-11,13-14,17,21H,12H2,1-3H3,(H,19,22). The molecule has 5 heteroatoms. The molecule has 5 nitrogen and oxygen atoms in total. The third-order valence-electron chi connectivity index (χ3n) is 3.54. The second-order valence-corrected chi connectivity index (χ2v) is 5.81. The number of aliphatic hydroxyl groups is 1.